The van der Waals surface area contributed by atoms with Crippen molar-refractivity contribution in [3.8, 4) is 0 Å². The Kier molecular flexibility index (Phi) is 6.11. The van der Waals surface area contributed by atoms with Gasteiger partial charge in [-0.2, -0.15) is 24.5 Å². The van der Waals surface area contributed by atoms with E-state index in [2.05, 4.69) is 4.98 Å². The maximum Gasteiger partial charge on any atom is 0.490 e. The SMILES string of the molecule is O=C(O)C(F)(F)F.O=C(c1ccsc1)N1CCC2(CC(=O)N(c3ccccn3)C2)C1. The first-order chi connectivity index (χ1) is 14.1. The fraction of sp³-hybridized carbons (Fsp3) is 0.368. The van der Waals surface area contributed by atoms with E-state index < -0.39 is 12.1 Å². The number of carbonyl (C=O) groups is 3. The molecule has 1 unspecified atom stereocenters. The van der Waals surface area contributed by atoms with E-state index in [1.807, 2.05) is 39.9 Å². The van der Waals surface area contributed by atoms with E-state index in [0.717, 1.165) is 18.5 Å². The number of thiophene rings is 1. The van der Waals surface area contributed by atoms with Crippen LogP contribution < -0.4 is 4.90 Å². The number of carboxylic acids is 1. The summed E-state index contributed by atoms with van der Waals surface area (Å²) in [6.07, 6.45) is -2.01. The Morgan fingerprint density at radius 3 is 2.50 bits per heavy atom. The van der Waals surface area contributed by atoms with Crippen molar-refractivity contribution < 1.29 is 32.7 Å². The Morgan fingerprint density at radius 2 is 1.93 bits per heavy atom. The molecule has 2 amide bonds. The number of hydrogen-bond acceptors (Lipinski definition) is 5. The summed E-state index contributed by atoms with van der Waals surface area (Å²) in [5, 5.41) is 10.9. The molecule has 7 nitrogen and oxygen atoms in total. The first-order valence-electron chi connectivity index (χ1n) is 8.94. The standard InChI is InChI=1S/C17H17N3O2S.C2HF3O2/c21-15-9-17(12-20(15)14-3-1-2-6-18-14)5-7-19(11-17)16(22)13-4-8-23-10-13;3-2(4,5)1(6)7/h1-4,6,8,10H,5,7,9,11-12H2;(H,6,7). The van der Waals surface area contributed by atoms with Crippen molar-refractivity contribution in [3.63, 3.8) is 0 Å². The molecule has 4 rings (SSSR count). The molecule has 1 atom stereocenters. The van der Waals surface area contributed by atoms with Crippen molar-refractivity contribution in [2.75, 3.05) is 24.5 Å². The maximum absolute atomic E-state index is 12.5. The highest BCUT2D eigenvalue weighted by molar-refractivity contribution is 7.08. The number of carboxylic acid groups (broad SMARTS) is 1. The Hall–Kier alpha value is -2.95. The summed E-state index contributed by atoms with van der Waals surface area (Å²) in [5.41, 5.74) is 0.623. The van der Waals surface area contributed by atoms with Crippen LogP contribution in [0.15, 0.2) is 41.2 Å². The summed E-state index contributed by atoms with van der Waals surface area (Å²) in [6.45, 7) is 2.02. The average Bonchev–Trinajstić information content (AvgIpc) is 3.43. The highest BCUT2D eigenvalue weighted by Gasteiger charge is 2.49. The number of likely N-dealkylation sites (tertiary alicyclic amines) is 1. The number of nitrogens with zero attached hydrogens (tertiary/aromatic N) is 3. The fourth-order valence-electron chi connectivity index (χ4n) is 3.57. The van der Waals surface area contributed by atoms with E-state index in [4.69, 9.17) is 9.90 Å². The van der Waals surface area contributed by atoms with E-state index in [1.165, 1.54) is 11.3 Å². The molecule has 160 valence electrons. The van der Waals surface area contributed by atoms with E-state index in [9.17, 15) is 22.8 Å². The monoisotopic (exact) mass is 441 g/mol. The number of aromatic nitrogens is 1. The van der Waals surface area contributed by atoms with Crippen LogP contribution in [0.5, 0.6) is 0 Å². The minimum atomic E-state index is -5.08. The molecule has 0 aliphatic carbocycles. The van der Waals surface area contributed by atoms with Crippen LogP contribution >= 0.6 is 11.3 Å². The molecule has 0 saturated carbocycles. The van der Waals surface area contributed by atoms with Crippen LogP contribution in [0.25, 0.3) is 0 Å². The number of hydrogen-bond donors (Lipinski definition) is 1. The lowest BCUT2D eigenvalue weighted by Crippen LogP contribution is -2.34. The van der Waals surface area contributed by atoms with Crippen molar-refractivity contribution in [1.82, 2.24) is 9.88 Å². The van der Waals surface area contributed by atoms with Gasteiger partial charge in [0.25, 0.3) is 5.91 Å². The van der Waals surface area contributed by atoms with Gasteiger partial charge < -0.3 is 10.0 Å². The Morgan fingerprint density at radius 1 is 1.20 bits per heavy atom. The molecular formula is C19H18F3N3O4S. The smallest absolute Gasteiger partial charge is 0.475 e. The topological polar surface area (TPSA) is 90.8 Å². The number of pyridine rings is 1. The van der Waals surface area contributed by atoms with E-state index >= 15 is 0 Å². The predicted molar refractivity (Wildman–Crippen MR) is 102 cm³/mol. The molecule has 0 aromatic carbocycles. The van der Waals surface area contributed by atoms with Crippen molar-refractivity contribution in [2.45, 2.75) is 19.0 Å². The maximum atomic E-state index is 12.5. The summed E-state index contributed by atoms with van der Waals surface area (Å²) < 4.78 is 31.7. The first-order valence-corrected chi connectivity index (χ1v) is 9.89. The zero-order valence-electron chi connectivity index (χ0n) is 15.6. The van der Waals surface area contributed by atoms with Crippen LogP contribution in [0.1, 0.15) is 23.2 Å². The van der Waals surface area contributed by atoms with Crippen molar-refractivity contribution >= 4 is 34.9 Å². The van der Waals surface area contributed by atoms with Crippen molar-refractivity contribution in [3.05, 3.63) is 46.8 Å². The second-order valence-corrected chi connectivity index (χ2v) is 7.92. The number of carbonyl (C=O) groups excluding carboxylic acids is 2. The molecule has 0 radical (unpaired) electrons. The molecule has 0 bridgehead atoms. The van der Waals surface area contributed by atoms with Gasteiger partial charge in [-0.05, 0) is 30.0 Å². The van der Waals surface area contributed by atoms with Crippen LogP contribution in [-0.2, 0) is 9.59 Å². The van der Waals surface area contributed by atoms with Gasteiger partial charge in [0.2, 0.25) is 5.91 Å². The minimum absolute atomic E-state index is 0.0758. The van der Waals surface area contributed by atoms with Crippen molar-refractivity contribution in [1.29, 1.82) is 0 Å². The van der Waals surface area contributed by atoms with E-state index in [0.29, 0.717) is 25.3 Å². The number of alkyl halides is 3. The Balaban J connectivity index is 0.000000318. The van der Waals surface area contributed by atoms with E-state index in [1.54, 1.807) is 11.1 Å². The Labute approximate surface area is 173 Å². The highest BCUT2D eigenvalue weighted by Crippen LogP contribution is 2.41. The number of amides is 2. The largest absolute Gasteiger partial charge is 0.490 e. The lowest BCUT2D eigenvalue weighted by atomic mass is 9.86. The van der Waals surface area contributed by atoms with Gasteiger partial charge in [-0.25, -0.2) is 9.78 Å². The molecule has 2 aromatic rings. The number of aliphatic carboxylic acids is 1. The second kappa shape index (κ2) is 8.42. The number of anilines is 1. The van der Waals surface area contributed by atoms with Crippen LogP contribution in [0.2, 0.25) is 0 Å². The van der Waals surface area contributed by atoms with Gasteiger partial charge in [0.1, 0.15) is 5.82 Å². The summed E-state index contributed by atoms with van der Waals surface area (Å²) in [7, 11) is 0. The fourth-order valence-corrected chi connectivity index (χ4v) is 4.20. The van der Waals surface area contributed by atoms with Crippen LogP contribution in [0, 0.1) is 5.41 Å². The van der Waals surface area contributed by atoms with Gasteiger partial charge in [-0.1, -0.05) is 6.07 Å². The normalized spacial score (nSPS) is 21.0. The van der Waals surface area contributed by atoms with Gasteiger partial charge in [-0.3, -0.25) is 14.5 Å². The van der Waals surface area contributed by atoms with Crippen LogP contribution in [-0.4, -0.2) is 58.6 Å². The van der Waals surface area contributed by atoms with Gasteiger partial charge in [0, 0.05) is 43.0 Å². The molecular weight excluding hydrogens is 423 g/mol. The summed E-state index contributed by atoms with van der Waals surface area (Å²) in [6, 6.07) is 7.45. The summed E-state index contributed by atoms with van der Waals surface area (Å²) in [5.74, 6) is -1.87. The lowest BCUT2D eigenvalue weighted by molar-refractivity contribution is -0.192. The molecule has 2 fully saturated rings. The number of halogens is 3. The zero-order chi connectivity index (χ0) is 21.9. The zero-order valence-corrected chi connectivity index (χ0v) is 16.4. The molecule has 1 spiro atoms. The molecule has 1 N–H and O–H groups in total. The van der Waals surface area contributed by atoms with Gasteiger partial charge in [-0.15, -0.1) is 0 Å². The summed E-state index contributed by atoms with van der Waals surface area (Å²) in [4.78, 5) is 41.8. The molecule has 2 aliphatic heterocycles. The highest BCUT2D eigenvalue weighted by atomic mass is 32.1. The van der Waals surface area contributed by atoms with Crippen LogP contribution in [0.3, 0.4) is 0 Å². The quantitative estimate of drug-likeness (QED) is 0.774. The third kappa shape index (κ3) is 4.78. The third-order valence-corrected chi connectivity index (χ3v) is 5.67. The van der Waals surface area contributed by atoms with Gasteiger partial charge in [0.15, 0.2) is 0 Å². The third-order valence-electron chi connectivity index (χ3n) is 4.98. The van der Waals surface area contributed by atoms with Crippen LogP contribution in [0.4, 0.5) is 19.0 Å². The molecule has 4 heterocycles. The average molecular weight is 441 g/mol. The van der Waals surface area contributed by atoms with E-state index in [-0.39, 0.29) is 17.2 Å². The first kappa shape index (κ1) is 21.8. The molecule has 2 aromatic heterocycles. The van der Waals surface area contributed by atoms with Gasteiger partial charge in [0.05, 0.1) is 5.56 Å². The molecule has 11 heteroatoms. The Bertz CT molecular complexity index is 921. The van der Waals surface area contributed by atoms with Crippen molar-refractivity contribution in [2.24, 2.45) is 5.41 Å². The molecule has 2 saturated heterocycles. The summed E-state index contributed by atoms with van der Waals surface area (Å²) >= 11 is 1.53. The lowest BCUT2D eigenvalue weighted by Gasteiger charge is -2.23. The molecule has 2 aliphatic rings. The van der Waals surface area contributed by atoms with Gasteiger partial charge >= 0.3 is 12.1 Å². The second-order valence-electron chi connectivity index (χ2n) is 7.14. The molecule has 30 heavy (non-hydrogen) atoms. The number of rotatable bonds is 2. The predicted octanol–water partition coefficient (Wildman–Crippen LogP) is 3.05. The minimum Gasteiger partial charge on any atom is -0.475 e.